The fourth-order valence-corrected chi connectivity index (χ4v) is 23.4. The topological polar surface area (TPSA) is 0 Å². The minimum Gasteiger partial charge on any atom is -1.00 e. The van der Waals surface area contributed by atoms with E-state index >= 15 is 0 Å². The SMILES string of the molecule is [Br-].[Br-].c1ccc([Si](c2ccccc2)(c2ccc(C[P+](c3ccccc3)(c3ccccc3)c3ccccc3)cc2)c2ccc(C[P+](c3ccccc3)(c3ccccc3)c3ccccc3)cc2)cc1. The Bertz CT molecular complexity index is 2630. The molecule has 0 unspecified atom stereocenters. The van der Waals surface area contributed by atoms with E-state index in [-0.39, 0.29) is 34.0 Å². The van der Waals surface area contributed by atoms with Gasteiger partial charge in [-0.1, -0.05) is 218 Å². The highest BCUT2D eigenvalue weighted by Crippen LogP contribution is 2.59. The molecule has 0 aliphatic heterocycles. The third kappa shape index (κ3) is 9.30. The van der Waals surface area contributed by atoms with E-state index in [0.29, 0.717) is 0 Å². The summed E-state index contributed by atoms with van der Waals surface area (Å²) < 4.78 is 0. The molecule has 10 aromatic carbocycles. The standard InChI is InChI=1S/C62H52P2Si.2BrH/c1-9-25-53(26-10-1)63(54-27-11-2-12-28-54,55-29-13-3-14-30-55)49-51-41-45-61(46-42-51)65(59-37-21-7-22-38-59,60-39-23-8-24-40-60)62-47-43-52(44-48-62)50-64(56-31-15-4-16-32-56,57-33-17-5-18-34-57)58-35-19-6-20-36-58;;/h1-48H,49-50H2;2*1H/q+2;;/p-2. The Labute approximate surface area is 420 Å². The van der Waals surface area contributed by atoms with Crippen molar-refractivity contribution < 1.29 is 34.0 Å². The fourth-order valence-electron chi connectivity index (χ4n) is 10.2. The van der Waals surface area contributed by atoms with Gasteiger partial charge in [0.15, 0.2) is 8.07 Å². The van der Waals surface area contributed by atoms with Gasteiger partial charge in [-0.15, -0.1) is 0 Å². The Kier molecular flexibility index (Phi) is 15.6. The van der Waals surface area contributed by atoms with Crippen molar-refractivity contribution in [2.45, 2.75) is 12.3 Å². The van der Waals surface area contributed by atoms with Gasteiger partial charge in [0.25, 0.3) is 0 Å². The van der Waals surface area contributed by atoms with Gasteiger partial charge >= 0.3 is 0 Å². The van der Waals surface area contributed by atoms with Gasteiger partial charge in [0.2, 0.25) is 0 Å². The van der Waals surface area contributed by atoms with Gasteiger partial charge in [-0.25, -0.2) is 0 Å². The number of hydrogen-bond acceptors (Lipinski definition) is 0. The second-order valence-electron chi connectivity index (χ2n) is 16.8. The van der Waals surface area contributed by atoms with Crippen LogP contribution in [0, 0.1) is 0 Å². The van der Waals surface area contributed by atoms with E-state index in [4.69, 9.17) is 0 Å². The first-order valence-electron chi connectivity index (χ1n) is 22.6. The van der Waals surface area contributed by atoms with Crippen molar-refractivity contribution in [1.29, 1.82) is 0 Å². The minimum atomic E-state index is -2.83. The molecular formula is C62H52Br2P2Si. The summed E-state index contributed by atoms with van der Waals surface area (Å²) in [5, 5.41) is 13.9. The lowest BCUT2D eigenvalue weighted by molar-refractivity contribution is -0.001000. The highest BCUT2D eigenvalue weighted by molar-refractivity contribution is 7.95. The van der Waals surface area contributed by atoms with Gasteiger partial charge in [0.05, 0.1) is 12.3 Å². The number of halogens is 2. The van der Waals surface area contributed by atoms with Crippen LogP contribution in [0.4, 0.5) is 0 Å². The largest absolute Gasteiger partial charge is 1.00 e. The molecule has 10 aromatic rings. The highest BCUT2D eigenvalue weighted by Gasteiger charge is 2.48. The van der Waals surface area contributed by atoms with Crippen LogP contribution in [0.5, 0.6) is 0 Å². The van der Waals surface area contributed by atoms with Crippen molar-refractivity contribution in [3.05, 3.63) is 302 Å². The molecule has 0 saturated carbocycles. The molecule has 0 fully saturated rings. The first-order valence-corrected chi connectivity index (χ1v) is 28.6. The highest BCUT2D eigenvalue weighted by atomic mass is 79.9. The van der Waals surface area contributed by atoms with Gasteiger partial charge in [-0.3, -0.25) is 0 Å². The van der Waals surface area contributed by atoms with E-state index in [9.17, 15) is 0 Å². The van der Waals surface area contributed by atoms with Crippen molar-refractivity contribution in [3.8, 4) is 0 Å². The number of benzene rings is 10. The number of hydrogen-bond donors (Lipinski definition) is 0. The molecule has 0 aromatic heterocycles. The van der Waals surface area contributed by atoms with E-state index in [1.54, 1.807) is 0 Å². The van der Waals surface area contributed by atoms with E-state index < -0.39 is 22.6 Å². The van der Waals surface area contributed by atoms with E-state index in [1.165, 1.54) is 63.7 Å². The summed E-state index contributed by atoms with van der Waals surface area (Å²) in [7, 11) is -6.99. The van der Waals surface area contributed by atoms with Crippen LogP contribution in [0.3, 0.4) is 0 Å². The Morgan fingerprint density at radius 1 is 0.209 bits per heavy atom. The Morgan fingerprint density at radius 3 is 0.597 bits per heavy atom. The maximum absolute atomic E-state index is 2.83. The lowest BCUT2D eigenvalue weighted by Crippen LogP contribution is -3.00. The van der Waals surface area contributed by atoms with Gasteiger partial charge in [-0.2, -0.15) is 0 Å². The predicted molar refractivity (Wildman–Crippen MR) is 288 cm³/mol. The molecule has 328 valence electrons. The molecule has 0 aliphatic rings. The molecule has 0 atom stereocenters. The van der Waals surface area contributed by atoms with Gasteiger partial charge in [-0.05, 0) is 105 Å². The molecule has 0 heterocycles. The summed E-state index contributed by atoms with van der Waals surface area (Å²) in [6, 6.07) is 110. The second kappa shape index (κ2) is 21.9. The average molecular weight is 1050 g/mol. The predicted octanol–water partition coefficient (Wildman–Crippen LogP) is 4.06. The molecule has 0 bridgehead atoms. The maximum atomic E-state index is 2.47. The van der Waals surface area contributed by atoms with Crippen LogP contribution < -0.4 is 86.5 Å². The fraction of sp³-hybridized carbons (Fsp3) is 0.0323. The molecule has 0 amide bonds. The van der Waals surface area contributed by atoms with Crippen LogP contribution in [0.25, 0.3) is 0 Å². The van der Waals surface area contributed by atoms with Crippen LogP contribution in [0.1, 0.15) is 11.1 Å². The summed E-state index contributed by atoms with van der Waals surface area (Å²) >= 11 is 0. The Morgan fingerprint density at radius 2 is 0.388 bits per heavy atom. The smallest absolute Gasteiger partial charge is 0.179 e. The summed E-state index contributed by atoms with van der Waals surface area (Å²) in [6.07, 6.45) is 1.86. The summed E-state index contributed by atoms with van der Waals surface area (Å²) in [6.45, 7) is 0. The molecule has 0 N–H and O–H groups in total. The zero-order valence-electron chi connectivity index (χ0n) is 37.3. The van der Waals surface area contributed by atoms with Crippen LogP contribution in [0.15, 0.2) is 291 Å². The Balaban J connectivity index is 0.00000304. The quantitative estimate of drug-likeness (QED) is 0.0878. The molecule has 67 heavy (non-hydrogen) atoms. The molecule has 0 nitrogen and oxygen atoms in total. The molecule has 5 heteroatoms. The lowest BCUT2D eigenvalue weighted by Gasteiger charge is -2.35. The zero-order valence-corrected chi connectivity index (χ0v) is 43.2. The first-order chi connectivity index (χ1) is 32.2. The van der Waals surface area contributed by atoms with Crippen molar-refractivity contribution in [3.63, 3.8) is 0 Å². The third-order valence-corrected chi connectivity index (χ3v) is 26.8. The van der Waals surface area contributed by atoms with Crippen LogP contribution in [-0.2, 0) is 12.3 Å². The number of rotatable bonds is 14. The molecule has 0 saturated heterocycles. The minimum absolute atomic E-state index is 0. The summed E-state index contributed by atoms with van der Waals surface area (Å²) in [5.41, 5.74) is 2.70. The molecule has 0 aliphatic carbocycles. The molecular weight excluding hydrogens is 995 g/mol. The van der Waals surface area contributed by atoms with Crippen LogP contribution in [-0.4, -0.2) is 8.07 Å². The van der Waals surface area contributed by atoms with Crippen molar-refractivity contribution in [2.24, 2.45) is 0 Å². The van der Waals surface area contributed by atoms with Crippen LogP contribution >= 0.6 is 14.5 Å². The second-order valence-corrected chi connectivity index (χ2v) is 27.6. The van der Waals surface area contributed by atoms with Crippen molar-refractivity contribution >= 4 is 75.2 Å². The first kappa shape index (κ1) is 47.7. The average Bonchev–Trinajstić information content (AvgIpc) is 3.40. The van der Waals surface area contributed by atoms with Gasteiger partial charge < -0.3 is 34.0 Å². The normalized spacial score (nSPS) is 11.5. The third-order valence-electron chi connectivity index (χ3n) is 13.2. The van der Waals surface area contributed by atoms with Gasteiger partial charge in [0.1, 0.15) is 46.4 Å². The lowest BCUT2D eigenvalue weighted by atomic mass is 10.2. The van der Waals surface area contributed by atoms with E-state index in [1.807, 2.05) is 0 Å². The summed E-state index contributed by atoms with van der Waals surface area (Å²) in [5.74, 6) is 0. The Hall–Kier alpha value is -5.76. The maximum Gasteiger partial charge on any atom is 0.179 e. The molecule has 0 spiro atoms. The molecule has 10 rings (SSSR count). The van der Waals surface area contributed by atoms with Gasteiger partial charge in [0, 0.05) is 0 Å². The van der Waals surface area contributed by atoms with Crippen LogP contribution in [0.2, 0.25) is 0 Å². The molecule has 0 radical (unpaired) electrons. The zero-order chi connectivity index (χ0) is 43.8. The monoisotopic (exact) mass is 1040 g/mol. The van der Waals surface area contributed by atoms with Crippen molar-refractivity contribution in [1.82, 2.24) is 0 Å². The van der Waals surface area contributed by atoms with E-state index in [2.05, 4.69) is 291 Å². The summed E-state index contributed by atoms with van der Waals surface area (Å²) in [4.78, 5) is 0. The van der Waals surface area contributed by atoms with E-state index in [0.717, 1.165) is 12.3 Å². The van der Waals surface area contributed by atoms with Crippen molar-refractivity contribution in [2.75, 3.05) is 0 Å².